The van der Waals surface area contributed by atoms with Gasteiger partial charge in [-0.05, 0) is 0 Å². The van der Waals surface area contributed by atoms with E-state index in [0.717, 1.165) is 40.0 Å². The van der Waals surface area contributed by atoms with Crippen LogP contribution < -0.4 is 0 Å². The molecule has 0 unspecified atom stereocenters. The molecule has 6 saturated carbocycles. The van der Waals surface area contributed by atoms with Gasteiger partial charge in [0.1, 0.15) is 0 Å². The van der Waals surface area contributed by atoms with Crippen LogP contribution in [0, 0.1) is 41.4 Å². The summed E-state index contributed by atoms with van der Waals surface area (Å²) in [6.07, 6.45) is 2.29. The van der Waals surface area contributed by atoms with Crippen molar-refractivity contribution in [3.63, 3.8) is 0 Å². The van der Waals surface area contributed by atoms with Crippen LogP contribution in [0.15, 0.2) is 33.6 Å². The normalized spacial score (nSPS) is 53.2. The van der Waals surface area contributed by atoms with Crippen molar-refractivity contribution in [2.75, 3.05) is 0 Å². The Balaban J connectivity index is 1.21. The van der Waals surface area contributed by atoms with Crippen LogP contribution in [0.3, 0.4) is 0 Å². The van der Waals surface area contributed by atoms with Gasteiger partial charge < -0.3 is 0 Å². The molecule has 108 valence electrons. The Bertz CT molecular complexity index is 641. The van der Waals surface area contributed by atoms with Crippen LogP contribution in [0.2, 0.25) is 11.5 Å². The second-order valence-electron chi connectivity index (χ2n) is 8.33. The third kappa shape index (κ3) is 1.11. The van der Waals surface area contributed by atoms with Crippen molar-refractivity contribution in [3.05, 3.63) is 39.2 Å². The maximum absolute atomic E-state index is 6.88. The molecule has 0 bridgehead atoms. The summed E-state index contributed by atoms with van der Waals surface area (Å²) in [7, 11) is 0. The molecular formula is C18H19BrGeO. The molecule has 0 atom stereocenters. The van der Waals surface area contributed by atoms with Crippen LogP contribution in [-0.4, -0.2) is 19.2 Å². The van der Waals surface area contributed by atoms with Crippen LogP contribution in [-0.2, 0) is 3.76 Å². The molecule has 0 N–H and O–H groups in total. The Labute approximate surface area is 137 Å². The molecule has 0 spiro atoms. The van der Waals surface area contributed by atoms with Crippen LogP contribution in [0.4, 0.5) is 0 Å². The molecule has 0 aromatic heterocycles. The Morgan fingerprint density at radius 2 is 1.57 bits per heavy atom. The van der Waals surface area contributed by atoms with Crippen molar-refractivity contribution in [3.8, 4) is 0 Å². The van der Waals surface area contributed by atoms with Crippen LogP contribution in [0.5, 0.6) is 0 Å². The third-order valence-electron chi connectivity index (χ3n) is 7.37. The summed E-state index contributed by atoms with van der Waals surface area (Å²) in [6.45, 7) is 0. The van der Waals surface area contributed by atoms with Crippen LogP contribution >= 0.6 is 15.9 Å². The molecule has 6 aliphatic carbocycles. The summed E-state index contributed by atoms with van der Waals surface area (Å²) in [5.74, 6) is 12.4. The van der Waals surface area contributed by atoms with Crippen molar-refractivity contribution in [2.24, 2.45) is 41.4 Å². The van der Waals surface area contributed by atoms with Crippen molar-refractivity contribution >= 4 is 35.6 Å². The van der Waals surface area contributed by atoms with Gasteiger partial charge in [-0.2, -0.15) is 0 Å². The molecule has 0 aliphatic heterocycles. The molecule has 7 rings (SSSR count). The average Bonchev–Trinajstić information content (AvgIpc) is 2.47. The number of halogens is 1. The van der Waals surface area contributed by atoms with Crippen LogP contribution in [0.25, 0.3) is 6.08 Å². The van der Waals surface area contributed by atoms with Gasteiger partial charge in [0.15, 0.2) is 0 Å². The molecular weight excluding hydrogens is 385 g/mol. The molecule has 0 heterocycles. The molecule has 6 fully saturated rings. The summed E-state index contributed by atoms with van der Waals surface area (Å²) >= 11 is 1.25. The first-order valence-electron chi connectivity index (χ1n) is 8.20. The number of benzene rings is 1. The van der Waals surface area contributed by atoms with E-state index in [4.69, 9.17) is 3.76 Å². The van der Waals surface area contributed by atoms with Crippen molar-refractivity contribution in [1.29, 1.82) is 0 Å². The summed E-state index contributed by atoms with van der Waals surface area (Å²) < 4.78 is 8.02. The van der Waals surface area contributed by atoms with E-state index in [9.17, 15) is 0 Å². The van der Waals surface area contributed by atoms with Gasteiger partial charge in [-0.3, -0.25) is 0 Å². The standard InChI is InChI=1S/C18H19BrGeO/c1-20(2,8-7-9-3-5-10(19)6-4-9)21-18-15-12-11-13(15)17(18)14(11)16(12)18/h3-8,11-17H,1-2H3/b8-7+. The zero-order valence-electron chi connectivity index (χ0n) is 12.3. The Kier molecular flexibility index (Phi) is 2.00. The first-order chi connectivity index (χ1) is 10.0. The number of rotatable bonds is 4. The first kappa shape index (κ1) is 12.4. The molecule has 1 aromatic carbocycles. The van der Waals surface area contributed by atoms with Gasteiger partial charge in [0.25, 0.3) is 0 Å². The molecule has 1 aromatic rings. The number of hydrogen-bond donors (Lipinski definition) is 0. The third-order valence-corrected chi connectivity index (χ3v) is 11.8. The fourth-order valence-corrected chi connectivity index (χ4v) is 11.3. The number of hydrogen-bond acceptors (Lipinski definition) is 1. The minimum absolute atomic E-state index is 0.419. The van der Waals surface area contributed by atoms with Crippen molar-refractivity contribution < 1.29 is 3.76 Å². The molecule has 3 heteroatoms. The van der Waals surface area contributed by atoms with E-state index in [1.54, 1.807) is 0 Å². The van der Waals surface area contributed by atoms with E-state index < -0.39 is 13.6 Å². The zero-order chi connectivity index (χ0) is 14.1. The van der Waals surface area contributed by atoms with Crippen molar-refractivity contribution in [2.45, 2.75) is 17.1 Å². The summed E-state index contributed by atoms with van der Waals surface area (Å²) in [4.78, 5) is 2.44. The minimum atomic E-state index is -2.24. The summed E-state index contributed by atoms with van der Waals surface area (Å²) in [5, 5.41) is 0. The van der Waals surface area contributed by atoms with E-state index in [2.05, 4.69) is 62.7 Å². The van der Waals surface area contributed by atoms with Gasteiger partial charge in [0.2, 0.25) is 0 Å². The van der Waals surface area contributed by atoms with E-state index in [0.29, 0.717) is 5.60 Å². The zero-order valence-corrected chi connectivity index (χ0v) is 16.0. The molecule has 1 nitrogen and oxygen atoms in total. The Hall–Kier alpha value is -0.0571. The first-order valence-corrected chi connectivity index (χ1v) is 15.3. The van der Waals surface area contributed by atoms with Gasteiger partial charge in [-0.25, -0.2) is 0 Å². The van der Waals surface area contributed by atoms with Gasteiger partial charge in [0.05, 0.1) is 0 Å². The van der Waals surface area contributed by atoms with Crippen molar-refractivity contribution in [1.82, 2.24) is 0 Å². The van der Waals surface area contributed by atoms with E-state index in [-0.39, 0.29) is 0 Å². The Morgan fingerprint density at radius 3 is 2.14 bits per heavy atom. The van der Waals surface area contributed by atoms with Gasteiger partial charge in [-0.15, -0.1) is 0 Å². The summed E-state index contributed by atoms with van der Waals surface area (Å²) in [5.41, 5.74) is 1.71. The second kappa shape index (κ2) is 3.39. The van der Waals surface area contributed by atoms with Gasteiger partial charge in [0, 0.05) is 0 Å². The molecule has 21 heavy (non-hydrogen) atoms. The second-order valence-corrected chi connectivity index (χ2v) is 17.1. The van der Waals surface area contributed by atoms with Gasteiger partial charge in [-0.1, -0.05) is 0 Å². The topological polar surface area (TPSA) is 9.23 Å². The maximum atomic E-state index is 6.88. The fraction of sp³-hybridized carbons (Fsp3) is 0.556. The fourth-order valence-electron chi connectivity index (χ4n) is 6.89. The van der Waals surface area contributed by atoms with E-state index >= 15 is 0 Å². The van der Waals surface area contributed by atoms with E-state index in [1.807, 2.05) is 0 Å². The molecule has 0 radical (unpaired) electrons. The van der Waals surface area contributed by atoms with Crippen LogP contribution in [0.1, 0.15) is 5.56 Å². The predicted octanol–water partition coefficient (Wildman–Crippen LogP) is 4.34. The SMILES string of the molecule is [CH3][Ge]([CH3])(/[CH]=C/c1ccc(Br)cc1)[O]C12C3C4C5C3C1C5C42. The average molecular weight is 404 g/mol. The molecule has 0 amide bonds. The predicted molar refractivity (Wildman–Crippen MR) is 88.9 cm³/mol. The monoisotopic (exact) mass is 404 g/mol. The summed E-state index contributed by atoms with van der Waals surface area (Å²) in [6, 6.07) is 8.56. The Morgan fingerprint density at radius 1 is 1.00 bits per heavy atom. The molecule has 6 aliphatic rings. The molecule has 0 saturated heterocycles. The quantitative estimate of drug-likeness (QED) is 0.679. The van der Waals surface area contributed by atoms with E-state index in [1.165, 1.54) is 11.5 Å². The van der Waals surface area contributed by atoms with Gasteiger partial charge >= 0.3 is 137 Å².